The molecule has 1 aromatic rings. The van der Waals surface area contributed by atoms with Crippen LogP contribution in [0, 0.1) is 0 Å². The fourth-order valence-corrected chi connectivity index (χ4v) is 1.86. The Balaban J connectivity index is 2.89. The van der Waals surface area contributed by atoms with Gasteiger partial charge in [0.2, 0.25) is 10.0 Å². The number of sulfonamides is 1. The lowest BCUT2D eigenvalue weighted by molar-refractivity contribution is 0.600. The molecule has 0 heterocycles. The Labute approximate surface area is 91.8 Å². The van der Waals surface area contributed by atoms with Gasteiger partial charge in [-0.2, -0.15) is 0 Å². The molecule has 0 unspecified atom stereocenters. The normalized spacial score (nSPS) is 11.4. The highest BCUT2D eigenvalue weighted by Gasteiger charge is 2.10. The van der Waals surface area contributed by atoms with Gasteiger partial charge in [0.05, 0.1) is 11.9 Å². The van der Waals surface area contributed by atoms with Gasteiger partial charge >= 0.3 is 0 Å². The fourth-order valence-electron chi connectivity index (χ4n) is 1.35. The summed E-state index contributed by atoms with van der Waals surface area (Å²) < 4.78 is 23.8. The van der Waals surface area contributed by atoms with Crippen LogP contribution in [-0.4, -0.2) is 21.7 Å². The van der Waals surface area contributed by atoms with E-state index < -0.39 is 10.0 Å². The number of aryl methyl sites for hydroxylation is 1. The smallest absolute Gasteiger partial charge is 0.231 e. The summed E-state index contributed by atoms with van der Waals surface area (Å²) in [5.74, 6) is 0. The second kappa shape index (κ2) is 4.66. The van der Waals surface area contributed by atoms with Gasteiger partial charge in [-0.3, -0.25) is 4.31 Å². The monoisotopic (exact) mass is 227 g/mol. The van der Waals surface area contributed by atoms with Crippen molar-refractivity contribution in [1.82, 2.24) is 0 Å². The maximum absolute atomic E-state index is 11.3. The Morgan fingerprint density at radius 1 is 1.20 bits per heavy atom. The zero-order valence-electron chi connectivity index (χ0n) is 9.40. The molecule has 0 fully saturated rings. The van der Waals surface area contributed by atoms with Gasteiger partial charge in [0.1, 0.15) is 0 Å². The molecule has 0 amide bonds. The average molecular weight is 227 g/mol. The van der Waals surface area contributed by atoms with Crippen LogP contribution in [0.4, 0.5) is 5.69 Å². The molecule has 1 rings (SSSR count). The van der Waals surface area contributed by atoms with E-state index in [0.29, 0.717) is 5.69 Å². The van der Waals surface area contributed by atoms with Gasteiger partial charge in [0, 0.05) is 7.05 Å². The number of rotatable bonds is 4. The molecule has 4 heteroatoms. The molecule has 15 heavy (non-hydrogen) atoms. The zero-order valence-corrected chi connectivity index (χ0v) is 10.2. The lowest BCUT2D eigenvalue weighted by Crippen LogP contribution is -2.24. The zero-order chi connectivity index (χ0) is 11.5. The molecule has 0 radical (unpaired) electrons. The number of nitrogens with zero attached hydrogens (tertiary/aromatic N) is 1. The predicted molar refractivity (Wildman–Crippen MR) is 63.7 cm³/mol. The highest BCUT2D eigenvalue weighted by atomic mass is 32.2. The molecule has 1 aromatic carbocycles. The summed E-state index contributed by atoms with van der Waals surface area (Å²) in [6.07, 6.45) is 3.33. The Morgan fingerprint density at radius 3 is 2.13 bits per heavy atom. The fraction of sp³-hybridized carbons (Fsp3) is 0.455. The van der Waals surface area contributed by atoms with Crippen LogP contribution in [0.25, 0.3) is 0 Å². The van der Waals surface area contributed by atoms with Gasteiger partial charge in [0.15, 0.2) is 0 Å². The molecule has 0 aliphatic rings. The second-order valence-electron chi connectivity index (χ2n) is 3.65. The van der Waals surface area contributed by atoms with E-state index in [2.05, 4.69) is 6.92 Å². The first kappa shape index (κ1) is 12.0. The van der Waals surface area contributed by atoms with E-state index in [9.17, 15) is 8.42 Å². The van der Waals surface area contributed by atoms with E-state index in [-0.39, 0.29) is 0 Å². The molecule has 0 atom stereocenters. The van der Waals surface area contributed by atoms with Crippen molar-refractivity contribution in [3.63, 3.8) is 0 Å². The third-order valence-electron chi connectivity index (χ3n) is 2.34. The predicted octanol–water partition coefficient (Wildman–Crippen LogP) is 2.03. The standard InChI is InChI=1S/C11H17NO2S/c1-4-5-10-6-8-11(9-7-10)12(2)15(3,13)14/h6-9H,4-5H2,1-3H3. The molecule has 3 nitrogen and oxygen atoms in total. The molecule has 0 aliphatic heterocycles. The van der Waals surface area contributed by atoms with Crippen LogP contribution in [0.1, 0.15) is 18.9 Å². The first-order chi connectivity index (χ1) is 6.95. The van der Waals surface area contributed by atoms with Crippen LogP contribution in [0.2, 0.25) is 0 Å². The summed E-state index contributed by atoms with van der Waals surface area (Å²) >= 11 is 0. The van der Waals surface area contributed by atoms with E-state index in [4.69, 9.17) is 0 Å². The first-order valence-electron chi connectivity index (χ1n) is 4.98. The maximum Gasteiger partial charge on any atom is 0.231 e. The highest BCUT2D eigenvalue weighted by Crippen LogP contribution is 2.16. The van der Waals surface area contributed by atoms with Crippen molar-refractivity contribution in [3.05, 3.63) is 29.8 Å². The van der Waals surface area contributed by atoms with Crippen LogP contribution in [-0.2, 0) is 16.4 Å². The van der Waals surface area contributed by atoms with Crippen molar-refractivity contribution in [2.75, 3.05) is 17.6 Å². The van der Waals surface area contributed by atoms with Gasteiger partial charge in [-0.25, -0.2) is 8.42 Å². The molecule has 0 aliphatic carbocycles. The highest BCUT2D eigenvalue weighted by molar-refractivity contribution is 7.92. The van der Waals surface area contributed by atoms with Gasteiger partial charge in [-0.05, 0) is 24.1 Å². The van der Waals surface area contributed by atoms with Crippen molar-refractivity contribution in [3.8, 4) is 0 Å². The molecule has 0 saturated carbocycles. The molecular weight excluding hydrogens is 210 g/mol. The van der Waals surface area contributed by atoms with Crippen LogP contribution in [0.15, 0.2) is 24.3 Å². The Hall–Kier alpha value is -1.03. The van der Waals surface area contributed by atoms with Gasteiger partial charge in [-0.1, -0.05) is 25.5 Å². The molecule has 0 spiro atoms. The Bertz CT molecular complexity index is 409. The van der Waals surface area contributed by atoms with Crippen molar-refractivity contribution in [2.24, 2.45) is 0 Å². The average Bonchev–Trinajstić information content (AvgIpc) is 2.17. The summed E-state index contributed by atoms with van der Waals surface area (Å²) in [6.45, 7) is 2.12. The van der Waals surface area contributed by atoms with Crippen molar-refractivity contribution < 1.29 is 8.42 Å². The van der Waals surface area contributed by atoms with E-state index in [1.54, 1.807) is 7.05 Å². The first-order valence-corrected chi connectivity index (χ1v) is 6.83. The van der Waals surface area contributed by atoms with Crippen LogP contribution < -0.4 is 4.31 Å². The second-order valence-corrected chi connectivity index (χ2v) is 5.66. The van der Waals surface area contributed by atoms with Gasteiger partial charge < -0.3 is 0 Å². The largest absolute Gasteiger partial charge is 0.274 e. The molecule has 0 aromatic heterocycles. The van der Waals surface area contributed by atoms with E-state index in [1.165, 1.54) is 16.1 Å². The quantitative estimate of drug-likeness (QED) is 0.789. The SMILES string of the molecule is CCCc1ccc(N(C)S(C)(=O)=O)cc1. The van der Waals surface area contributed by atoms with Crippen molar-refractivity contribution in [1.29, 1.82) is 0 Å². The van der Waals surface area contributed by atoms with Crippen LogP contribution >= 0.6 is 0 Å². The number of hydrogen-bond donors (Lipinski definition) is 0. The van der Waals surface area contributed by atoms with Crippen molar-refractivity contribution >= 4 is 15.7 Å². The number of hydrogen-bond acceptors (Lipinski definition) is 2. The summed E-state index contributed by atoms with van der Waals surface area (Å²) in [7, 11) is -1.59. The number of benzene rings is 1. The summed E-state index contributed by atoms with van der Waals surface area (Å²) in [5, 5.41) is 0. The minimum atomic E-state index is -3.15. The maximum atomic E-state index is 11.3. The van der Waals surface area contributed by atoms with Crippen LogP contribution in [0.3, 0.4) is 0 Å². The minimum Gasteiger partial charge on any atom is -0.274 e. The van der Waals surface area contributed by atoms with Gasteiger partial charge in [-0.15, -0.1) is 0 Å². The minimum absolute atomic E-state index is 0.706. The topological polar surface area (TPSA) is 37.4 Å². The summed E-state index contributed by atoms with van der Waals surface area (Å²) in [4.78, 5) is 0. The molecule has 84 valence electrons. The third-order valence-corrected chi connectivity index (χ3v) is 3.54. The Kier molecular flexibility index (Phi) is 3.74. The molecular formula is C11H17NO2S. The van der Waals surface area contributed by atoms with Crippen molar-refractivity contribution in [2.45, 2.75) is 19.8 Å². The lowest BCUT2D eigenvalue weighted by atomic mass is 10.1. The van der Waals surface area contributed by atoms with Gasteiger partial charge in [0.25, 0.3) is 0 Å². The summed E-state index contributed by atoms with van der Waals surface area (Å²) in [5.41, 5.74) is 1.94. The number of anilines is 1. The van der Waals surface area contributed by atoms with E-state index in [0.717, 1.165) is 12.8 Å². The molecule has 0 saturated heterocycles. The third kappa shape index (κ3) is 3.23. The van der Waals surface area contributed by atoms with Crippen LogP contribution in [0.5, 0.6) is 0 Å². The molecule has 0 bridgehead atoms. The summed E-state index contributed by atoms with van der Waals surface area (Å²) in [6, 6.07) is 7.62. The van der Waals surface area contributed by atoms with E-state index in [1.807, 2.05) is 24.3 Å². The Morgan fingerprint density at radius 2 is 1.73 bits per heavy atom. The molecule has 0 N–H and O–H groups in total. The van der Waals surface area contributed by atoms with E-state index >= 15 is 0 Å². The lowest BCUT2D eigenvalue weighted by Gasteiger charge is -2.16.